The molecule has 1 aliphatic carbocycles. The van der Waals surface area contributed by atoms with Gasteiger partial charge in [-0.3, -0.25) is 0 Å². The molecule has 0 N–H and O–H groups in total. The zero-order valence-electron chi connectivity index (χ0n) is 14.8. The van der Waals surface area contributed by atoms with Gasteiger partial charge in [0, 0.05) is 5.57 Å². The molecule has 126 valence electrons. The fourth-order valence-corrected chi connectivity index (χ4v) is 3.70. The first-order valence-corrected chi connectivity index (χ1v) is 8.80. The van der Waals surface area contributed by atoms with Gasteiger partial charge in [0.2, 0.25) is 0 Å². The van der Waals surface area contributed by atoms with E-state index in [-0.39, 0.29) is 17.7 Å². The Morgan fingerprint density at radius 3 is 2.70 bits per heavy atom. The van der Waals surface area contributed by atoms with Crippen LogP contribution in [-0.4, -0.2) is 23.8 Å². The van der Waals surface area contributed by atoms with E-state index in [2.05, 4.69) is 32.9 Å². The maximum absolute atomic E-state index is 11.9. The van der Waals surface area contributed by atoms with Crippen molar-refractivity contribution >= 4 is 5.97 Å². The van der Waals surface area contributed by atoms with E-state index in [9.17, 15) is 4.79 Å². The Balaban J connectivity index is 1.80. The van der Waals surface area contributed by atoms with Gasteiger partial charge in [-0.15, -0.1) is 0 Å². The Morgan fingerprint density at radius 2 is 1.91 bits per heavy atom. The number of fused-ring (bicyclic) bond motifs is 2. The van der Waals surface area contributed by atoms with Crippen LogP contribution >= 0.6 is 0 Å². The monoisotopic (exact) mass is 316 g/mol. The van der Waals surface area contributed by atoms with E-state index in [1.165, 1.54) is 11.1 Å². The lowest BCUT2D eigenvalue weighted by Crippen LogP contribution is -2.11. The summed E-state index contributed by atoms with van der Waals surface area (Å²) in [5, 5.41) is 0. The molecule has 2 aliphatic heterocycles. The maximum Gasteiger partial charge on any atom is 0.334 e. The Bertz CT molecular complexity index is 596. The average molecular weight is 316 g/mol. The predicted octanol–water partition coefficient (Wildman–Crippen LogP) is 4.63. The topological polar surface area (TPSA) is 38.8 Å². The molecule has 3 atom stereocenters. The van der Waals surface area contributed by atoms with Gasteiger partial charge < -0.3 is 9.47 Å². The number of rotatable bonds is 0. The van der Waals surface area contributed by atoms with Crippen LogP contribution in [-0.2, 0) is 14.3 Å². The zero-order valence-corrected chi connectivity index (χ0v) is 14.8. The summed E-state index contributed by atoms with van der Waals surface area (Å²) in [4.78, 5) is 11.9. The highest BCUT2D eigenvalue weighted by Gasteiger charge is 2.50. The number of hydrogen-bond acceptors (Lipinski definition) is 3. The van der Waals surface area contributed by atoms with Gasteiger partial charge in [-0.05, 0) is 77.9 Å². The molecule has 0 aromatic carbocycles. The molecule has 3 nitrogen and oxygen atoms in total. The van der Waals surface area contributed by atoms with Gasteiger partial charge in [0.1, 0.15) is 6.10 Å². The van der Waals surface area contributed by atoms with E-state index >= 15 is 0 Å². The maximum atomic E-state index is 11.9. The van der Waals surface area contributed by atoms with E-state index in [0.29, 0.717) is 6.10 Å². The third-order valence-corrected chi connectivity index (χ3v) is 5.56. The smallest absolute Gasteiger partial charge is 0.334 e. The van der Waals surface area contributed by atoms with Crippen LogP contribution in [0, 0.1) is 0 Å². The van der Waals surface area contributed by atoms with E-state index in [1.807, 2.05) is 6.92 Å². The molecule has 0 aromatic heterocycles. The van der Waals surface area contributed by atoms with Crippen LogP contribution in [0.5, 0.6) is 0 Å². The largest absolute Gasteiger partial charge is 0.450 e. The van der Waals surface area contributed by atoms with Crippen molar-refractivity contribution in [2.24, 2.45) is 0 Å². The van der Waals surface area contributed by atoms with Crippen LogP contribution in [0.4, 0.5) is 0 Å². The van der Waals surface area contributed by atoms with Gasteiger partial charge in [-0.1, -0.05) is 17.2 Å². The molecular formula is C20H28O3. The van der Waals surface area contributed by atoms with Gasteiger partial charge in [0.05, 0.1) is 11.7 Å². The second-order valence-electron chi connectivity index (χ2n) is 7.54. The summed E-state index contributed by atoms with van der Waals surface area (Å²) in [7, 11) is 0. The van der Waals surface area contributed by atoms with Crippen LogP contribution in [0.1, 0.15) is 66.2 Å². The standard InChI is InChI=1S/C20H28O3/c1-13-6-5-11-20(4)18(23-20)10-8-14(2)12-17-16(9-7-13)15(3)19(21)22-17/h6,12,17-18H,5,7-11H2,1-4H3/b13-6-,14-12-. The number of esters is 1. The van der Waals surface area contributed by atoms with Crippen LogP contribution in [0.15, 0.2) is 34.4 Å². The van der Waals surface area contributed by atoms with Crippen molar-refractivity contribution in [3.8, 4) is 0 Å². The Kier molecular flexibility index (Phi) is 4.50. The quantitative estimate of drug-likeness (QED) is 0.371. The SMILES string of the molecule is CC1=C2CC/C(C)=C\CCC3(C)OC3CC/C(C)=C\C2OC1=O. The van der Waals surface area contributed by atoms with Crippen molar-refractivity contribution in [3.63, 3.8) is 0 Å². The highest BCUT2D eigenvalue weighted by atomic mass is 16.6. The average Bonchev–Trinajstić information content (AvgIpc) is 3.06. The van der Waals surface area contributed by atoms with Gasteiger partial charge in [0.25, 0.3) is 0 Å². The first-order valence-electron chi connectivity index (χ1n) is 8.80. The van der Waals surface area contributed by atoms with Crippen molar-refractivity contribution in [3.05, 3.63) is 34.4 Å². The van der Waals surface area contributed by atoms with Gasteiger partial charge in [-0.25, -0.2) is 4.79 Å². The highest BCUT2D eigenvalue weighted by molar-refractivity contribution is 5.92. The Hall–Kier alpha value is -1.35. The molecule has 3 heteroatoms. The van der Waals surface area contributed by atoms with Crippen LogP contribution < -0.4 is 0 Å². The molecule has 23 heavy (non-hydrogen) atoms. The lowest BCUT2D eigenvalue weighted by atomic mass is 9.93. The Morgan fingerprint density at radius 1 is 1.13 bits per heavy atom. The fraction of sp³-hybridized carbons (Fsp3) is 0.650. The number of hydrogen-bond donors (Lipinski definition) is 0. The molecule has 3 aliphatic rings. The van der Waals surface area contributed by atoms with E-state index in [4.69, 9.17) is 9.47 Å². The minimum Gasteiger partial charge on any atom is -0.450 e. The van der Waals surface area contributed by atoms with E-state index in [0.717, 1.165) is 49.7 Å². The minimum absolute atomic E-state index is 0.0721. The number of carbonyl (C=O) groups is 1. The predicted molar refractivity (Wildman–Crippen MR) is 91.1 cm³/mol. The van der Waals surface area contributed by atoms with Crippen LogP contribution in [0.2, 0.25) is 0 Å². The van der Waals surface area contributed by atoms with Gasteiger partial charge in [-0.2, -0.15) is 0 Å². The molecule has 0 spiro atoms. The molecule has 0 saturated carbocycles. The summed E-state index contributed by atoms with van der Waals surface area (Å²) < 4.78 is 11.5. The number of carbonyl (C=O) groups excluding carboxylic acids is 1. The van der Waals surface area contributed by atoms with E-state index < -0.39 is 0 Å². The highest BCUT2D eigenvalue weighted by Crippen LogP contribution is 2.44. The van der Waals surface area contributed by atoms with Gasteiger partial charge in [0.15, 0.2) is 0 Å². The molecule has 0 bridgehead atoms. The number of ether oxygens (including phenoxy) is 2. The van der Waals surface area contributed by atoms with Crippen molar-refractivity contribution in [1.82, 2.24) is 0 Å². The molecule has 3 rings (SSSR count). The second-order valence-corrected chi connectivity index (χ2v) is 7.54. The summed E-state index contributed by atoms with van der Waals surface area (Å²) in [6, 6.07) is 0. The first kappa shape index (κ1) is 16.5. The molecule has 2 heterocycles. The molecule has 1 fully saturated rings. The lowest BCUT2D eigenvalue weighted by molar-refractivity contribution is -0.138. The minimum atomic E-state index is -0.162. The molecular weight excluding hydrogens is 288 g/mol. The van der Waals surface area contributed by atoms with Crippen LogP contribution in [0.3, 0.4) is 0 Å². The third-order valence-electron chi connectivity index (χ3n) is 5.56. The van der Waals surface area contributed by atoms with Crippen molar-refractivity contribution < 1.29 is 14.3 Å². The zero-order chi connectivity index (χ0) is 16.6. The van der Waals surface area contributed by atoms with Crippen molar-refractivity contribution in [2.75, 3.05) is 0 Å². The molecule has 0 aromatic rings. The number of epoxide rings is 1. The van der Waals surface area contributed by atoms with Crippen molar-refractivity contribution in [1.29, 1.82) is 0 Å². The summed E-state index contributed by atoms with van der Waals surface area (Å²) in [6.07, 6.45) is 10.8. The molecule has 0 radical (unpaired) electrons. The lowest BCUT2D eigenvalue weighted by Gasteiger charge is -2.13. The summed E-state index contributed by atoms with van der Waals surface area (Å²) in [6.45, 7) is 8.44. The summed E-state index contributed by atoms with van der Waals surface area (Å²) in [5.74, 6) is -0.155. The summed E-state index contributed by atoms with van der Waals surface area (Å²) in [5.41, 5.74) is 4.71. The van der Waals surface area contributed by atoms with Gasteiger partial charge >= 0.3 is 5.97 Å². The molecule has 1 saturated heterocycles. The van der Waals surface area contributed by atoms with E-state index in [1.54, 1.807) is 0 Å². The fourth-order valence-electron chi connectivity index (χ4n) is 3.70. The normalized spacial score (nSPS) is 40.1. The number of allylic oxidation sites excluding steroid dienone is 3. The molecule has 3 unspecified atom stereocenters. The third kappa shape index (κ3) is 3.60. The van der Waals surface area contributed by atoms with Crippen molar-refractivity contribution in [2.45, 2.75) is 84.0 Å². The molecule has 0 amide bonds. The second kappa shape index (κ2) is 6.27. The summed E-state index contributed by atoms with van der Waals surface area (Å²) >= 11 is 0. The Labute approximate surface area is 139 Å². The van der Waals surface area contributed by atoms with Crippen LogP contribution in [0.25, 0.3) is 0 Å². The first-order chi connectivity index (χ1) is 10.9.